The fourth-order valence-electron chi connectivity index (χ4n) is 2.23. The molecule has 3 rings (SSSR count). The summed E-state index contributed by atoms with van der Waals surface area (Å²) < 4.78 is 10.0. The van der Waals surface area contributed by atoms with E-state index < -0.39 is 17.3 Å². The summed E-state index contributed by atoms with van der Waals surface area (Å²) in [6, 6.07) is 10.8. The summed E-state index contributed by atoms with van der Waals surface area (Å²) in [7, 11) is 0. The summed E-state index contributed by atoms with van der Waals surface area (Å²) in [5.41, 5.74) is 0.134. The van der Waals surface area contributed by atoms with Crippen LogP contribution in [-0.2, 0) is 4.79 Å². The molecule has 6 heteroatoms. The predicted molar refractivity (Wildman–Crippen MR) is 82.6 cm³/mol. The van der Waals surface area contributed by atoms with E-state index in [2.05, 4.69) is 0 Å². The zero-order valence-electron chi connectivity index (χ0n) is 12.1. The summed E-state index contributed by atoms with van der Waals surface area (Å²) in [6.07, 6.45) is 0. The zero-order chi connectivity index (χ0) is 16.6. The fraction of sp³-hybridized carbons (Fsp3) is 0.0588. The molecule has 0 fully saturated rings. The van der Waals surface area contributed by atoms with E-state index in [9.17, 15) is 19.8 Å². The van der Waals surface area contributed by atoms with Crippen LogP contribution in [0.5, 0.6) is 17.2 Å². The number of hydrogen-bond acceptors (Lipinski definition) is 6. The maximum atomic E-state index is 12.1. The highest BCUT2D eigenvalue weighted by molar-refractivity contribution is 5.87. The van der Waals surface area contributed by atoms with Crippen LogP contribution in [0, 0.1) is 0 Å². The molecule has 0 atom stereocenters. The number of hydrogen-bond donors (Lipinski definition) is 2. The van der Waals surface area contributed by atoms with E-state index in [1.54, 1.807) is 30.3 Å². The minimum Gasteiger partial charge on any atom is -0.504 e. The molecule has 0 aliphatic rings. The van der Waals surface area contributed by atoms with Gasteiger partial charge in [0.1, 0.15) is 5.75 Å². The van der Waals surface area contributed by atoms with Gasteiger partial charge in [-0.05, 0) is 35.9 Å². The summed E-state index contributed by atoms with van der Waals surface area (Å²) in [5, 5.41) is 19.6. The monoisotopic (exact) mass is 312 g/mol. The van der Waals surface area contributed by atoms with E-state index in [1.165, 1.54) is 19.1 Å². The molecule has 1 heterocycles. The van der Waals surface area contributed by atoms with Crippen LogP contribution in [0.15, 0.2) is 51.7 Å². The molecule has 0 amide bonds. The molecule has 0 aliphatic carbocycles. The van der Waals surface area contributed by atoms with Gasteiger partial charge >= 0.3 is 11.6 Å². The van der Waals surface area contributed by atoms with Gasteiger partial charge in [0.05, 0.1) is 5.56 Å². The molecule has 0 aliphatic heterocycles. The van der Waals surface area contributed by atoms with E-state index in [0.717, 1.165) is 0 Å². The van der Waals surface area contributed by atoms with Crippen molar-refractivity contribution in [1.82, 2.24) is 0 Å². The van der Waals surface area contributed by atoms with Crippen molar-refractivity contribution < 1.29 is 24.2 Å². The van der Waals surface area contributed by atoms with Gasteiger partial charge in [0.15, 0.2) is 11.3 Å². The Morgan fingerprint density at radius 3 is 2.43 bits per heavy atom. The average molecular weight is 312 g/mol. The zero-order valence-corrected chi connectivity index (χ0v) is 12.1. The Morgan fingerprint density at radius 1 is 1.09 bits per heavy atom. The van der Waals surface area contributed by atoms with Crippen LogP contribution in [-0.4, -0.2) is 16.2 Å². The number of carbonyl (C=O) groups excluding carboxylic acids is 1. The topological polar surface area (TPSA) is 97.0 Å². The van der Waals surface area contributed by atoms with E-state index in [1.807, 2.05) is 0 Å². The first-order valence-electron chi connectivity index (χ1n) is 6.73. The quantitative estimate of drug-likeness (QED) is 0.327. The second-order valence-corrected chi connectivity index (χ2v) is 4.92. The van der Waals surface area contributed by atoms with Gasteiger partial charge in [0.2, 0.25) is 5.75 Å². The van der Waals surface area contributed by atoms with Crippen LogP contribution in [0.2, 0.25) is 0 Å². The van der Waals surface area contributed by atoms with Gasteiger partial charge in [-0.3, -0.25) is 4.79 Å². The van der Waals surface area contributed by atoms with Crippen molar-refractivity contribution in [2.45, 2.75) is 6.92 Å². The third-order valence-corrected chi connectivity index (χ3v) is 3.28. The molecule has 0 saturated carbocycles. The highest BCUT2D eigenvalue weighted by Crippen LogP contribution is 2.34. The Hall–Kier alpha value is -3.28. The minimum absolute atomic E-state index is 0.0738. The van der Waals surface area contributed by atoms with Crippen molar-refractivity contribution in [2.24, 2.45) is 0 Å². The van der Waals surface area contributed by atoms with E-state index in [4.69, 9.17) is 9.15 Å². The number of ether oxygens (including phenoxy) is 1. The number of benzene rings is 2. The largest absolute Gasteiger partial charge is 0.504 e. The van der Waals surface area contributed by atoms with Crippen LogP contribution < -0.4 is 10.4 Å². The molecular weight excluding hydrogens is 300 g/mol. The second kappa shape index (κ2) is 5.49. The van der Waals surface area contributed by atoms with E-state index >= 15 is 0 Å². The molecule has 1 aromatic heterocycles. The molecular formula is C17H12O6. The lowest BCUT2D eigenvalue weighted by atomic mass is 10.1. The molecule has 3 aromatic rings. The van der Waals surface area contributed by atoms with Gasteiger partial charge in [-0.15, -0.1) is 0 Å². The normalized spacial score (nSPS) is 10.7. The molecule has 0 unspecified atom stereocenters. The predicted octanol–water partition coefficient (Wildman–Crippen LogP) is 2.80. The SMILES string of the molecule is CC(=O)Oc1ccc(-c2cc3ccc(O)c(O)c3oc2=O)cc1. The van der Waals surface area contributed by atoms with Crippen LogP contribution in [0.25, 0.3) is 22.1 Å². The third-order valence-electron chi connectivity index (χ3n) is 3.28. The highest BCUT2D eigenvalue weighted by atomic mass is 16.5. The summed E-state index contributed by atoms with van der Waals surface area (Å²) >= 11 is 0. The first kappa shape index (κ1) is 14.6. The van der Waals surface area contributed by atoms with Gasteiger partial charge in [-0.25, -0.2) is 4.79 Å². The molecule has 0 radical (unpaired) electrons. The number of fused-ring (bicyclic) bond motifs is 1. The molecule has 6 nitrogen and oxygen atoms in total. The lowest BCUT2D eigenvalue weighted by Crippen LogP contribution is -2.03. The molecule has 0 saturated heterocycles. The van der Waals surface area contributed by atoms with Gasteiger partial charge in [-0.1, -0.05) is 12.1 Å². The third kappa shape index (κ3) is 2.74. The maximum absolute atomic E-state index is 12.1. The summed E-state index contributed by atoms with van der Waals surface area (Å²) in [5.74, 6) is -0.900. The van der Waals surface area contributed by atoms with E-state index in [-0.39, 0.29) is 16.9 Å². The second-order valence-electron chi connectivity index (χ2n) is 4.92. The number of phenolic OH excluding ortho intramolecular Hbond substituents is 2. The van der Waals surface area contributed by atoms with Crippen LogP contribution in [0.1, 0.15) is 6.92 Å². The van der Waals surface area contributed by atoms with Gasteiger partial charge < -0.3 is 19.4 Å². The van der Waals surface area contributed by atoms with Crippen molar-refractivity contribution in [2.75, 3.05) is 0 Å². The van der Waals surface area contributed by atoms with Crippen LogP contribution in [0.3, 0.4) is 0 Å². The first-order chi connectivity index (χ1) is 11.0. The molecule has 116 valence electrons. The average Bonchev–Trinajstić information content (AvgIpc) is 2.51. The van der Waals surface area contributed by atoms with Crippen molar-refractivity contribution in [3.05, 3.63) is 52.9 Å². The van der Waals surface area contributed by atoms with Crippen molar-refractivity contribution in [1.29, 1.82) is 0 Å². The van der Waals surface area contributed by atoms with Gasteiger partial charge in [0, 0.05) is 12.3 Å². The maximum Gasteiger partial charge on any atom is 0.344 e. The highest BCUT2D eigenvalue weighted by Gasteiger charge is 2.13. The minimum atomic E-state index is -0.654. The Kier molecular flexibility index (Phi) is 3.50. The van der Waals surface area contributed by atoms with Crippen molar-refractivity contribution in [3.8, 4) is 28.4 Å². The van der Waals surface area contributed by atoms with Crippen molar-refractivity contribution in [3.63, 3.8) is 0 Å². The van der Waals surface area contributed by atoms with Crippen LogP contribution in [0.4, 0.5) is 0 Å². The van der Waals surface area contributed by atoms with Gasteiger partial charge in [0.25, 0.3) is 0 Å². The molecule has 0 bridgehead atoms. The van der Waals surface area contributed by atoms with E-state index in [0.29, 0.717) is 16.7 Å². The van der Waals surface area contributed by atoms with Crippen molar-refractivity contribution >= 4 is 16.9 Å². The molecule has 2 aromatic carbocycles. The lowest BCUT2D eigenvalue weighted by Gasteiger charge is -2.06. The lowest BCUT2D eigenvalue weighted by molar-refractivity contribution is -0.131. The Bertz CT molecular complexity index is 953. The van der Waals surface area contributed by atoms with Crippen LogP contribution >= 0.6 is 0 Å². The summed E-state index contributed by atoms with van der Waals surface area (Å²) in [4.78, 5) is 23.0. The number of phenols is 2. The Labute approximate surface area is 130 Å². The number of carbonyl (C=O) groups is 1. The number of rotatable bonds is 2. The molecule has 0 spiro atoms. The standard InChI is InChI=1S/C17H12O6/c1-9(18)22-12-5-2-10(3-6-12)13-8-11-4-7-14(19)15(20)16(11)23-17(13)21/h2-8,19-20H,1H3. The molecule has 23 heavy (non-hydrogen) atoms. The first-order valence-corrected chi connectivity index (χ1v) is 6.73. The smallest absolute Gasteiger partial charge is 0.344 e. The molecule has 2 N–H and O–H groups in total. The Balaban J connectivity index is 2.09. The number of aromatic hydroxyl groups is 2. The summed E-state index contributed by atoms with van der Waals surface area (Å²) in [6.45, 7) is 1.30. The fourth-order valence-corrected chi connectivity index (χ4v) is 2.23. The Morgan fingerprint density at radius 2 is 1.78 bits per heavy atom. The number of esters is 1. The van der Waals surface area contributed by atoms with Gasteiger partial charge in [-0.2, -0.15) is 0 Å².